The average molecular weight is 369 g/mol. The van der Waals surface area contributed by atoms with Crippen LogP contribution in [0.5, 0.6) is 0 Å². The minimum atomic E-state index is -0.216. The molecule has 4 rings (SSSR count). The van der Waals surface area contributed by atoms with Gasteiger partial charge in [0.15, 0.2) is 5.76 Å². The smallest absolute Gasteiger partial charge is 0.287 e. The molecule has 27 heavy (non-hydrogen) atoms. The highest BCUT2D eigenvalue weighted by Crippen LogP contribution is 2.33. The second-order valence-corrected chi connectivity index (χ2v) is 7.78. The Kier molecular flexibility index (Phi) is 5.16. The zero-order valence-corrected chi connectivity index (χ0v) is 15.5. The van der Waals surface area contributed by atoms with Gasteiger partial charge < -0.3 is 20.4 Å². The number of nitrogens with one attached hydrogen (secondary N) is 1. The number of furan rings is 1. The molecule has 2 heterocycles. The SMILES string of the molecule is NC[C@H]1CCC[C@H]1C(=O)N1CCCC(NC(=O)c2cc3ccccc3o2)C1. The largest absolute Gasteiger partial charge is 0.451 e. The zero-order valence-electron chi connectivity index (χ0n) is 15.5. The van der Waals surface area contributed by atoms with E-state index in [9.17, 15) is 9.59 Å². The number of nitrogens with two attached hydrogens (primary N) is 1. The molecule has 6 nitrogen and oxygen atoms in total. The first-order valence-electron chi connectivity index (χ1n) is 9.94. The van der Waals surface area contributed by atoms with Gasteiger partial charge in [-0.25, -0.2) is 0 Å². The van der Waals surface area contributed by atoms with Crippen LogP contribution in [0.2, 0.25) is 0 Å². The van der Waals surface area contributed by atoms with E-state index in [4.69, 9.17) is 10.2 Å². The van der Waals surface area contributed by atoms with Gasteiger partial charge in [-0.05, 0) is 50.3 Å². The van der Waals surface area contributed by atoms with Gasteiger partial charge in [0.1, 0.15) is 5.58 Å². The summed E-state index contributed by atoms with van der Waals surface area (Å²) in [6.45, 7) is 1.92. The quantitative estimate of drug-likeness (QED) is 0.867. The Morgan fingerprint density at radius 2 is 2.04 bits per heavy atom. The van der Waals surface area contributed by atoms with Crippen molar-refractivity contribution in [1.29, 1.82) is 0 Å². The lowest BCUT2D eigenvalue weighted by Gasteiger charge is -2.35. The van der Waals surface area contributed by atoms with Crippen molar-refractivity contribution in [1.82, 2.24) is 10.2 Å². The van der Waals surface area contributed by atoms with Gasteiger partial charge in [-0.3, -0.25) is 9.59 Å². The van der Waals surface area contributed by atoms with E-state index in [0.29, 0.717) is 30.4 Å². The zero-order chi connectivity index (χ0) is 18.8. The second kappa shape index (κ2) is 7.72. The van der Waals surface area contributed by atoms with Crippen LogP contribution < -0.4 is 11.1 Å². The molecule has 1 aromatic heterocycles. The number of hydrogen-bond donors (Lipinski definition) is 2. The maximum Gasteiger partial charge on any atom is 0.287 e. The summed E-state index contributed by atoms with van der Waals surface area (Å²) in [7, 11) is 0. The molecule has 1 aromatic carbocycles. The first-order valence-corrected chi connectivity index (χ1v) is 9.94. The monoisotopic (exact) mass is 369 g/mol. The van der Waals surface area contributed by atoms with Crippen LogP contribution in [0.15, 0.2) is 34.7 Å². The number of carbonyl (C=O) groups excluding carboxylic acids is 2. The van der Waals surface area contributed by atoms with Gasteiger partial charge in [0.05, 0.1) is 0 Å². The molecular formula is C21H27N3O3. The number of likely N-dealkylation sites (tertiary alicyclic amines) is 1. The maximum atomic E-state index is 12.9. The topological polar surface area (TPSA) is 88.6 Å². The number of rotatable bonds is 4. The maximum absolute atomic E-state index is 12.9. The number of piperidine rings is 1. The summed E-state index contributed by atoms with van der Waals surface area (Å²) >= 11 is 0. The normalized spacial score (nSPS) is 25.7. The predicted octanol–water partition coefficient (Wildman–Crippen LogP) is 2.53. The molecule has 1 saturated heterocycles. The van der Waals surface area contributed by atoms with Crippen LogP contribution in [0.4, 0.5) is 0 Å². The summed E-state index contributed by atoms with van der Waals surface area (Å²) < 4.78 is 5.65. The van der Waals surface area contributed by atoms with Crippen molar-refractivity contribution in [2.45, 2.75) is 38.1 Å². The van der Waals surface area contributed by atoms with Crippen molar-refractivity contribution in [3.8, 4) is 0 Å². The number of hydrogen-bond acceptors (Lipinski definition) is 4. The Morgan fingerprint density at radius 1 is 1.19 bits per heavy atom. The molecule has 1 unspecified atom stereocenters. The summed E-state index contributed by atoms with van der Waals surface area (Å²) in [6, 6.07) is 9.30. The molecule has 144 valence electrons. The van der Waals surface area contributed by atoms with Crippen LogP contribution in [0, 0.1) is 11.8 Å². The third-order valence-electron chi connectivity index (χ3n) is 6.00. The first kappa shape index (κ1) is 18.0. The number of benzene rings is 1. The Hall–Kier alpha value is -2.34. The van der Waals surface area contributed by atoms with E-state index >= 15 is 0 Å². The van der Waals surface area contributed by atoms with E-state index in [1.165, 1.54) is 0 Å². The molecule has 1 saturated carbocycles. The Morgan fingerprint density at radius 3 is 2.85 bits per heavy atom. The van der Waals surface area contributed by atoms with Gasteiger partial charge in [-0.1, -0.05) is 24.6 Å². The number of para-hydroxylation sites is 1. The number of nitrogens with zero attached hydrogens (tertiary/aromatic N) is 1. The molecule has 2 amide bonds. The van der Waals surface area contributed by atoms with E-state index in [0.717, 1.165) is 44.0 Å². The highest BCUT2D eigenvalue weighted by atomic mass is 16.3. The standard InChI is InChI=1S/C21H27N3O3/c22-12-15-6-3-8-17(15)21(26)24-10-4-7-16(13-24)23-20(25)19-11-14-5-1-2-9-18(14)27-19/h1-2,5,9,11,15-17H,3-4,6-8,10,12-13,22H2,(H,23,25)/t15-,16?,17-/m1/s1. The Balaban J connectivity index is 1.39. The second-order valence-electron chi connectivity index (χ2n) is 7.78. The van der Waals surface area contributed by atoms with E-state index < -0.39 is 0 Å². The molecule has 2 aromatic rings. The van der Waals surface area contributed by atoms with Crippen LogP contribution in [0.3, 0.4) is 0 Å². The fourth-order valence-electron chi connectivity index (χ4n) is 4.52. The van der Waals surface area contributed by atoms with Crippen LogP contribution in [-0.4, -0.2) is 42.4 Å². The van der Waals surface area contributed by atoms with Crippen LogP contribution in [-0.2, 0) is 4.79 Å². The molecule has 6 heteroatoms. The molecule has 2 aliphatic rings. The van der Waals surface area contributed by atoms with Gasteiger partial charge >= 0.3 is 0 Å². The van der Waals surface area contributed by atoms with Crippen molar-refractivity contribution < 1.29 is 14.0 Å². The van der Waals surface area contributed by atoms with Crippen LogP contribution in [0.1, 0.15) is 42.7 Å². The lowest BCUT2D eigenvalue weighted by atomic mass is 9.93. The fourth-order valence-corrected chi connectivity index (χ4v) is 4.52. The molecule has 0 radical (unpaired) electrons. The van der Waals surface area contributed by atoms with Crippen LogP contribution >= 0.6 is 0 Å². The van der Waals surface area contributed by atoms with Crippen molar-refractivity contribution >= 4 is 22.8 Å². The highest BCUT2D eigenvalue weighted by molar-refractivity contribution is 5.96. The van der Waals surface area contributed by atoms with E-state index in [-0.39, 0.29) is 23.8 Å². The molecule has 1 aliphatic heterocycles. The number of carbonyl (C=O) groups is 2. The van der Waals surface area contributed by atoms with Gasteiger partial charge in [0, 0.05) is 30.4 Å². The van der Waals surface area contributed by atoms with E-state index in [1.807, 2.05) is 29.2 Å². The Bertz CT molecular complexity index is 798. The average Bonchev–Trinajstić information content (AvgIpc) is 3.34. The molecule has 1 aliphatic carbocycles. The molecule has 3 atom stereocenters. The molecule has 3 N–H and O–H groups in total. The summed E-state index contributed by atoms with van der Waals surface area (Å²) in [5, 5.41) is 3.96. The van der Waals surface area contributed by atoms with Crippen molar-refractivity contribution in [2.24, 2.45) is 17.6 Å². The van der Waals surface area contributed by atoms with E-state index in [1.54, 1.807) is 6.07 Å². The number of amides is 2. The third kappa shape index (κ3) is 3.72. The predicted molar refractivity (Wildman–Crippen MR) is 103 cm³/mol. The summed E-state index contributed by atoms with van der Waals surface area (Å²) in [5.74, 6) is 0.679. The van der Waals surface area contributed by atoms with Gasteiger partial charge in [0.25, 0.3) is 5.91 Å². The lowest BCUT2D eigenvalue weighted by molar-refractivity contribution is -0.138. The van der Waals surface area contributed by atoms with Gasteiger partial charge in [-0.15, -0.1) is 0 Å². The summed E-state index contributed by atoms with van der Waals surface area (Å²) in [5.41, 5.74) is 6.55. The van der Waals surface area contributed by atoms with Gasteiger partial charge in [-0.2, -0.15) is 0 Å². The lowest BCUT2D eigenvalue weighted by Crippen LogP contribution is -2.51. The molecular weight excluding hydrogens is 342 g/mol. The van der Waals surface area contributed by atoms with Crippen molar-refractivity contribution in [3.63, 3.8) is 0 Å². The minimum absolute atomic E-state index is 0.0406. The molecule has 0 bridgehead atoms. The summed E-state index contributed by atoms with van der Waals surface area (Å²) in [4.78, 5) is 27.4. The van der Waals surface area contributed by atoms with Gasteiger partial charge in [0.2, 0.25) is 5.91 Å². The van der Waals surface area contributed by atoms with Crippen molar-refractivity contribution in [2.75, 3.05) is 19.6 Å². The number of fused-ring (bicyclic) bond motifs is 1. The van der Waals surface area contributed by atoms with Crippen LogP contribution in [0.25, 0.3) is 11.0 Å². The summed E-state index contributed by atoms with van der Waals surface area (Å²) in [6.07, 6.45) is 4.84. The highest BCUT2D eigenvalue weighted by Gasteiger charge is 2.36. The first-order chi connectivity index (χ1) is 13.2. The minimum Gasteiger partial charge on any atom is -0.451 e. The molecule has 0 spiro atoms. The molecule has 2 fully saturated rings. The third-order valence-corrected chi connectivity index (χ3v) is 6.00. The fraction of sp³-hybridized carbons (Fsp3) is 0.524. The Labute approximate surface area is 159 Å². The van der Waals surface area contributed by atoms with Crippen molar-refractivity contribution in [3.05, 3.63) is 36.1 Å². The van der Waals surface area contributed by atoms with E-state index in [2.05, 4.69) is 5.32 Å².